The van der Waals surface area contributed by atoms with E-state index in [0.29, 0.717) is 0 Å². The van der Waals surface area contributed by atoms with E-state index in [1.807, 2.05) is 0 Å². The number of anilines is 1. The molecule has 0 saturated carbocycles. The van der Waals surface area contributed by atoms with E-state index in [0.717, 1.165) is 10.8 Å². The molecule has 7 nitrogen and oxygen atoms in total. The molecule has 2 rings (SSSR count). The van der Waals surface area contributed by atoms with Gasteiger partial charge in [0.25, 0.3) is 0 Å². The number of hydrogen-bond donors (Lipinski definition) is 2. The Morgan fingerprint density at radius 3 is 3.12 bits per heavy atom. The Morgan fingerprint density at radius 1 is 1.75 bits per heavy atom. The minimum atomic E-state index is -1.08. The van der Waals surface area contributed by atoms with E-state index >= 15 is 0 Å². The minimum Gasteiger partial charge on any atom is -0.394 e. The van der Waals surface area contributed by atoms with Gasteiger partial charge in [-0.05, 0) is 0 Å². The summed E-state index contributed by atoms with van der Waals surface area (Å²) in [6.45, 7) is -0.115. The van der Waals surface area contributed by atoms with Crippen molar-refractivity contribution >= 4 is 5.82 Å². The second-order valence-electron chi connectivity index (χ2n) is 3.24. The van der Waals surface area contributed by atoms with Gasteiger partial charge in [-0.25, -0.2) is 13.8 Å². The maximum Gasteiger partial charge on any atom is 0.353 e. The van der Waals surface area contributed by atoms with Gasteiger partial charge < -0.3 is 20.3 Å². The molecule has 8 heteroatoms. The normalized spacial score (nSPS) is 24.9. The minimum absolute atomic E-state index is 0.125. The predicted octanol–water partition coefficient (Wildman–Crippen LogP) is -1.17. The SMILES string of the molecule is Nc1nc(=O)n([C@@H]2OC[C@H](CO)O2)cc1F. The third-order valence-corrected chi connectivity index (χ3v) is 2.10. The molecule has 0 bridgehead atoms. The van der Waals surface area contributed by atoms with Crippen molar-refractivity contribution in [1.29, 1.82) is 0 Å². The average Bonchev–Trinajstić information content (AvgIpc) is 2.71. The number of hydrogen-bond acceptors (Lipinski definition) is 6. The van der Waals surface area contributed by atoms with Crippen LogP contribution in [0.15, 0.2) is 11.0 Å². The molecule has 1 aromatic rings. The van der Waals surface area contributed by atoms with E-state index in [-0.39, 0.29) is 13.2 Å². The third kappa shape index (κ3) is 1.90. The van der Waals surface area contributed by atoms with Crippen LogP contribution in [0.3, 0.4) is 0 Å². The fourth-order valence-electron chi connectivity index (χ4n) is 1.28. The highest BCUT2D eigenvalue weighted by molar-refractivity contribution is 5.26. The van der Waals surface area contributed by atoms with Crippen LogP contribution >= 0.6 is 0 Å². The van der Waals surface area contributed by atoms with Gasteiger partial charge in [0.05, 0.1) is 19.4 Å². The predicted molar refractivity (Wildman–Crippen MR) is 49.8 cm³/mol. The molecule has 1 aromatic heterocycles. The van der Waals surface area contributed by atoms with Crippen LogP contribution in [0.25, 0.3) is 0 Å². The smallest absolute Gasteiger partial charge is 0.353 e. The van der Waals surface area contributed by atoms with Gasteiger partial charge in [-0.15, -0.1) is 0 Å². The number of aliphatic hydroxyl groups is 1. The van der Waals surface area contributed by atoms with Crippen molar-refractivity contribution in [2.45, 2.75) is 12.5 Å². The lowest BCUT2D eigenvalue weighted by molar-refractivity contribution is -0.122. The molecular formula is C8H10FN3O4. The van der Waals surface area contributed by atoms with Crippen molar-refractivity contribution in [3.8, 4) is 0 Å². The van der Waals surface area contributed by atoms with Gasteiger partial charge in [-0.2, -0.15) is 4.98 Å². The molecule has 3 N–H and O–H groups in total. The second-order valence-corrected chi connectivity index (χ2v) is 3.24. The summed E-state index contributed by atoms with van der Waals surface area (Å²) in [4.78, 5) is 14.6. The van der Waals surface area contributed by atoms with Gasteiger partial charge in [-0.1, -0.05) is 0 Å². The van der Waals surface area contributed by atoms with E-state index in [9.17, 15) is 9.18 Å². The van der Waals surface area contributed by atoms with Gasteiger partial charge in [-0.3, -0.25) is 0 Å². The van der Waals surface area contributed by atoms with Crippen molar-refractivity contribution in [2.24, 2.45) is 0 Å². The van der Waals surface area contributed by atoms with Crippen molar-refractivity contribution in [3.05, 3.63) is 22.5 Å². The number of nitrogens with zero attached hydrogens (tertiary/aromatic N) is 2. The van der Waals surface area contributed by atoms with Crippen LogP contribution in [0.2, 0.25) is 0 Å². The first-order valence-corrected chi connectivity index (χ1v) is 4.54. The maximum atomic E-state index is 13.1. The van der Waals surface area contributed by atoms with Crippen LogP contribution in [0.5, 0.6) is 0 Å². The number of ether oxygens (including phenoxy) is 2. The van der Waals surface area contributed by atoms with E-state index in [1.165, 1.54) is 0 Å². The molecule has 2 heterocycles. The summed E-state index contributed by atoms with van der Waals surface area (Å²) in [7, 11) is 0. The molecule has 1 fully saturated rings. The zero-order valence-corrected chi connectivity index (χ0v) is 8.17. The topological polar surface area (TPSA) is 99.6 Å². The van der Waals surface area contributed by atoms with Gasteiger partial charge >= 0.3 is 5.69 Å². The summed E-state index contributed by atoms with van der Waals surface area (Å²) in [6.07, 6.45) is -0.750. The number of nitrogens with two attached hydrogens (primary N) is 1. The zero-order chi connectivity index (χ0) is 11.7. The molecule has 0 radical (unpaired) electrons. The highest BCUT2D eigenvalue weighted by Gasteiger charge is 2.28. The molecule has 1 aliphatic heterocycles. The number of halogens is 1. The number of aliphatic hydroxyl groups excluding tert-OH is 1. The van der Waals surface area contributed by atoms with Crippen LogP contribution in [0.1, 0.15) is 6.41 Å². The Morgan fingerprint density at radius 2 is 2.50 bits per heavy atom. The summed E-state index contributed by atoms with van der Waals surface area (Å²) in [5.74, 6) is -1.31. The summed E-state index contributed by atoms with van der Waals surface area (Å²) >= 11 is 0. The molecule has 2 atom stereocenters. The Labute approximate surface area is 89.2 Å². The Balaban J connectivity index is 2.28. The van der Waals surface area contributed by atoms with Gasteiger partial charge in [0.1, 0.15) is 6.10 Å². The third-order valence-electron chi connectivity index (χ3n) is 2.10. The molecule has 0 aromatic carbocycles. The van der Waals surface area contributed by atoms with E-state index in [1.54, 1.807) is 0 Å². The van der Waals surface area contributed by atoms with Crippen LogP contribution in [0, 0.1) is 5.82 Å². The first-order chi connectivity index (χ1) is 7.61. The molecule has 0 unspecified atom stereocenters. The van der Waals surface area contributed by atoms with Crippen molar-refractivity contribution in [3.63, 3.8) is 0 Å². The Kier molecular flexibility index (Phi) is 2.86. The van der Waals surface area contributed by atoms with Crippen LogP contribution < -0.4 is 11.4 Å². The Hall–Kier alpha value is -1.51. The molecular weight excluding hydrogens is 221 g/mol. The standard InChI is InChI=1S/C8H10FN3O4/c9-5-1-12(7(14)11-6(5)10)8-15-3-4(2-13)16-8/h1,4,8,13H,2-3H2,(H2,10,11,14)/t4-,8+/m0/s1. The van der Waals surface area contributed by atoms with Gasteiger partial charge in [0.2, 0.25) is 6.41 Å². The second kappa shape index (κ2) is 4.16. The summed E-state index contributed by atoms with van der Waals surface area (Å²) in [5, 5.41) is 8.80. The molecule has 0 amide bonds. The first-order valence-electron chi connectivity index (χ1n) is 4.54. The van der Waals surface area contributed by atoms with Gasteiger partial charge in [0, 0.05) is 0 Å². The van der Waals surface area contributed by atoms with E-state index in [2.05, 4.69) is 4.98 Å². The molecule has 1 saturated heterocycles. The van der Waals surface area contributed by atoms with Crippen molar-refractivity contribution in [1.82, 2.24) is 9.55 Å². The summed E-state index contributed by atoms with van der Waals surface area (Å²) in [5.41, 5.74) is 4.35. The van der Waals surface area contributed by atoms with Gasteiger partial charge in [0.15, 0.2) is 11.6 Å². The molecule has 0 spiro atoms. The molecule has 0 aliphatic carbocycles. The summed E-state index contributed by atoms with van der Waals surface area (Å²) in [6, 6.07) is 0. The Bertz CT molecular complexity index is 449. The molecule has 88 valence electrons. The number of aromatic nitrogens is 2. The fourth-order valence-corrected chi connectivity index (χ4v) is 1.28. The lowest BCUT2D eigenvalue weighted by Gasteiger charge is -2.12. The number of rotatable bonds is 2. The monoisotopic (exact) mass is 231 g/mol. The molecule has 1 aliphatic rings. The van der Waals surface area contributed by atoms with E-state index < -0.39 is 29.8 Å². The van der Waals surface area contributed by atoms with Crippen LogP contribution in [0.4, 0.5) is 10.2 Å². The highest BCUT2D eigenvalue weighted by atomic mass is 19.1. The lowest BCUT2D eigenvalue weighted by atomic mass is 10.4. The van der Waals surface area contributed by atoms with Crippen molar-refractivity contribution < 1.29 is 19.0 Å². The summed E-state index contributed by atoms with van der Waals surface area (Å²) < 4.78 is 24.1. The number of nitrogen functional groups attached to an aromatic ring is 1. The van der Waals surface area contributed by atoms with Crippen LogP contribution in [-0.2, 0) is 9.47 Å². The highest BCUT2D eigenvalue weighted by Crippen LogP contribution is 2.19. The van der Waals surface area contributed by atoms with Crippen LogP contribution in [-0.4, -0.2) is 34.0 Å². The zero-order valence-electron chi connectivity index (χ0n) is 8.17. The average molecular weight is 231 g/mol. The van der Waals surface area contributed by atoms with Crippen molar-refractivity contribution in [2.75, 3.05) is 18.9 Å². The van der Waals surface area contributed by atoms with E-state index in [4.69, 9.17) is 20.3 Å². The maximum absolute atomic E-state index is 13.1. The first kappa shape index (κ1) is 11.0. The molecule has 16 heavy (non-hydrogen) atoms. The quantitative estimate of drug-likeness (QED) is 0.665. The lowest BCUT2D eigenvalue weighted by Crippen LogP contribution is -2.29. The fraction of sp³-hybridized carbons (Fsp3) is 0.500. The largest absolute Gasteiger partial charge is 0.394 e.